The van der Waals surface area contributed by atoms with Crippen LogP contribution in [-0.2, 0) is 9.59 Å². The molecule has 2 aliphatic heterocycles. The zero-order chi connectivity index (χ0) is 24.8. The Morgan fingerprint density at radius 3 is 2.57 bits per heavy atom. The van der Waals surface area contributed by atoms with E-state index in [0.29, 0.717) is 29.5 Å². The molecular weight excluding hydrogens is 460 g/mol. The summed E-state index contributed by atoms with van der Waals surface area (Å²) in [5, 5.41) is 2.99. The lowest BCUT2D eigenvalue weighted by Gasteiger charge is -2.27. The fourth-order valence-electron chi connectivity index (χ4n) is 4.20. The average molecular weight is 491 g/mol. The summed E-state index contributed by atoms with van der Waals surface area (Å²) in [4.78, 5) is 45.9. The van der Waals surface area contributed by atoms with Gasteiger partial charge >= 0.3 is 0 Å². The first-order chi connectivity index (χ1) is 17.0. The van der Waals surface area contributed by atoms with Crippen LogP contribution in [0.5, 0.6) is 0 Å². The summed E-state index contributed by atoms with van der Waals surface area (Å²) in [6, 6.07) is 17.2. The third kappa shape index (κ3) is 6.00. The van der Waals surface area contributed by atoms with Gasteiger partial charge in [-0.05, 0) is 49.6 Å². The molecule has 2 aromatic rings. The Kier molecular flexibility index (Phi) is 8.02. The highest BCUT2D eigenvalue weighted by atomic mass is 32.2. The van der Waals surface area contributed by atoms with E-state index in [4.69, 9.17) is 0 Å². The number of nitrogens with zero attached hydrogens (tertiary/aromatic N) is 3. The number of amidine groups is 1. The minimum atomic E-state index is -0.519. The predicted octanol–water partition coefficient (Wildman–Crippen LogP) is 4.28. The van der Waals surface area contributed by atoms with Crippen LogP contribution < -0.4 is 5.32 Å². The van der Waals surface area contributed by atoms with Gasteiger partial charge < -0.3 is 15.1 Å². The molecule has 0 saturated heterocycles. The highest BCUT2D eigenvalue weighted by molar-refractivity contribution is 8.15. The molecule has 0 aliphatic carbocycles. The van der Waals surface area contributed by atoms with Gasteiger partial charge in [-0.2, -0.15) is 4.99 Å². The van der Waals surface area contributed by atoms with Gasteiger partial charge in [0.2, 0.25) is 5.91 Å². The molecule has 3 amide bonds. The third-order valence-corrected chi connectivity index (χ3v) is 7.38. The van der Waals surface area contributed by atoms with E-state index < -0.39 is 5.25 Å². The van der Waals surface area contributed by atoms with Crippen LogP contribution in [0.1, 0.15) is 42.6 Å². The Morgan fingerprint density at radius 1 is 1.11 bits per heavy atom. The van der Waals surface area contributed by atoms with E-state index in [9.17, 15) is 14.4 Å². The number of hydrogen-bond donors (Lipinski definition) is 1. The van der Waals surface area contributed by atoms with Crippen molar-refractivity contribution in [1.82, 2.24) is 9.80 Å². The molecule has 35 heavy (non-hydrogen) atoms. The van der Waals surface area contributed by atoms with Crippen molar-refractivity contribution >= 4 is 45.9 Å². The van der Waals surface area contributed by atoms with Crippen LogP contribution >= 0.6 is 11.8 Å². The van der Waals surface area contributed by atoms with E-state index in [-0.39, 0.29) is 24.1 Å². The molecule has 0 radical (unpaired) electrons. The maximum atomic E-state index is 13.1. The van der Waals surface area contributed by atoms with Crippen molar-refractivity contribution < 1.29 is 14.4 Å². The summed E-state index contributed by atoms with van der Waals surface area (Å²) in [6.07, 6.45) is 2.94. The van der Waals surface area contributed by atoms with Gasteiger partial charge in [-0.1, -0.05) is 54.2 Å². The van der Waals surface area contributed by atoms with Gasteiger partial charge in [0.15, 0.2) is 5.17 Å². The molecule has 7 nitrogen and oxygen atoms in total. The van der Waals surface area contributed by atoms with Gasteiger partial charge in [-0.15, -0.1) is 0 Å². The standard InChI is InChI=1S/C27H30N4O3S/c1-3-30(4-2)27-29-25(33)23(35-27)18-24(32)28-22-12-8-11-21(17-22)26(34)31-15-13-20(14-16-31)19-9-6-5-7-10-19/h5-13,17,23H,3-4,14-16,18H2,1-2H3,(H,28,32). The number of nitrogens with one attached hydrogen (secondary N) is 1. The molecule has 2 aliphatic rings. The number of amides is 3. The lowest BCUT2D eigenvalue weighted by Crippen LogP contribution is -2.34. The number of benzene rings is 2. The first-order valence-corrected chi connectivity index (χ1v) is 12.8. The summed E-state index contributed by atoms with van der Waals surface area (Å²) >= 11 is 1.34. The van der Waals surface area contributed by atoms with Crippen LogP contribution in [0.4, 0.5) is 5.69 Å². The van der Waals surface area contributed by atoms with Crippen LogP contribution in [0.25, 0.3) is 5.57 Å². The zero-order valence-electron chi connectivity index (χ0n) is 20.1. The molecule has 0 bridgehead atoms. The van der Waals surface area contributed by atoms with E-state index in [1.54, 1.807) is 24.3 Å². The Bertz CT molecular complexity index is 1160. The lowest BCUT2D eigenvalue weighted by atomic mass is 9.99. The van der Waals surface area contributed by atoms with Crippen molar-refractivity contribution in [2.75, 3.05) is 31.5 Å². The smallest absolute Gasteiger partial charge is 0.262 e. The number of rotatable bonds is 7. The van der Waals surface area contributed by atoms with Gasteiger partial charge in [-0.25, -0.2) is 0 Å². The maximum Gasteiger partial charge on any atom is 0.262 e. The number of carbonyl (C=O) groups is 3. The fraction of sp³-hybridized carbons (Fsp3) is 0.333. The molecule has 0 saturated carbocycles. The molecule has 2 heterocycles. The zero-order valence-corrected chi connectivity index (χ0v) is 20.9. The van der Waals surface area contributed by atoms with Crippen LogP contribution in [0, 0.1) is 0 Å². The number of thioether (sulfide) groups is 1. The van der Waals surface area contributed by atoms with Crippen LogP contribution in [0.15, 0.2) is 65.7 Å². The monoisotopic (exact) mass is 490 g/mol. The second-order valence-corrected chi connectivity index (χ2v) is 9.61. The predicted molar refractivity (Wildman–Crippen MR) is 141 cm³/mol. The molecular formula is C27H30N4O3S. The molecule has 1 atom stereocenters. The average Bonchev–Trinajstić information content (AvgIpc) is 3.24. The quantitative estimate of drug-likeness (QED) is 0.626. The van der Waals surface area contributed by atoms with Crippen LogP contribution in [-0.4, -0.2) is 64.1 Å². The number of aliphatic imine (C=N–C) groups is 1. The van der Waals surface area contributed by atoms with Crippen molar-refractivity contribution in [1.29, 1.82) is 0 Å². The van der Waals surface area contributed by atoms with Crippen molar-refractivity contribution in [3.05, 3.63) is 71.8 Å². The summed E-state index contributed by atoms with van der Waals surface area (Å²) in [5.41, 5.74) is 3.51. The van der Waals surface area contributed by atoms with Crippen molar-refractivity contribution in [3.63, 3.8) is 0 Å². The number of carbonyl (C=O) groups excluding carboxylic acids is 3. The van der Waals surface area contributed by atoms with Gasteiger partial charge in [0, 0.05) is 43.9 Å². The highest BCUT2D eigenvalue weighted by Crippen LogP contribution is 2.28. The Morgan fingerprint density at radius 2 is 1.89 bits per heavy atom. The molecule has 1 N–H and O–H groups in total. The van der Waals surface area contributed by atoms with Crippen molar-refractivity contribution in [2.24, 2.45) is 4.99 Å². The van der Waals surface area contributed by atoms with Crippen LogP contribution in [0.3, 0.4) is 0 Å². The minimum Gasteiger partial charge on any atom is -0.352 e. The van der Waals surface area contributed by atoms with Crippen molar-refractivity contribution in [2.45, 2.75) is 31.9 Å². The van der Waals surface area contributed by atoms with Gasteiger partial charge in [-0.3, -0.25) is 14.4 Å². The normalized spacial score (nSPS) is 17.6. The van der Waals surface area contributed by atoms with Gasteiger partial charge in [0.1, 0.15) is 5.25 Å². The van der Waals surface area contributed by atoms with E-state index >= 15 is 0 Å². The van der Waals surface area contributed by atoms with E-state index in [0.717, 1.165) is 19.5 Å². The second kappa shape index (κ2) is 11.4. The van der Waals surface area contributed by atoms with Gasteiger partial charge in [0.25, 0.3) is 11.8 Å². The SMILES string of the molecule is CCN(CC)C1=NC(=O)C(CC(=O)Nc2cccc(C(=O)N3CC=C(c4ccccc4)CC3)c2)S1. The molecule has 182 valence electrons. The fourth-order valence-corrected chi connectivity index (χ4v) is 5.39. The van der Waals surface area contributed by atoms with E-state index in [2.05, 4.69) is 28.5 Å². The highest BCUT2D eigenvalue weighted by Gasteiger charge is 2.32. The van der Waals surface area contributed by atoms with Crippen molar-refractivity contribution in [3.8, 4) is 0 Å². The summed E-state index contributed by atoms with van der Waals surface area (Å²) < 4.78 is 0. The molecule has 4 rings (SSSR count). The summed E-state index contributed by atoms with van der Waals surface area (Å²) in [6.45, 7) is 6.73. The summed E-state index contributed by atoms with van der Waals surface area (Å²) in [5.74, 6) is -0.614. The summed E-state index contributed by atoms with van der Waals surface area (Å²) in [7, 11) is 0. The Hall–Kier alpha value is -3.39. The molecule has 8 heteroatoms. The molecule has 1 unspecified atom stereocenters. The number of hydrogen-bond acceptors (Lipinski definition) is 5. The lowest BCUT2D eigenvalue weighted by molar-refractivity contribution is -0.121. The molecule has 0 fully saturated rings. The Labute approximate surface area is 210 Å². The minimum absolute atomic E-state index is 0.0368. The largest absolute Gasteiger partial charge is 0.352 e. The van der Waals surface area contributed by atoms with Crippen LogP contribution in [0.2, 0.25) is 0 Å². The molecule has 2 aromatic carbocycles. The van der Waals surface area contributed by atoms with E-state index in [1.165, 1.54) is 22.9 Å². The first kappa shape index (κ1) is 24.7. The van der Waals surface area contributed by atoms with Gasteiger partial charge in [0.05, 0.1) is 0 Å². The molecule has 0 spiro atoms. The first-order valence-electron chi connectivity index (χ1n) is 12.0. The maximum absolute atomic E-state index is 13.1. The second-order valence-electron chi connectivity index (χ2n) is 8.44. The third-order valence-electron chi connectivity index (χ3n) is 6.17. The number of anilines is 1. The topological polar surface area (TPSA) is 82.1 Å². The molecule has 0 aromatic heterocycles. The Balaban J connectivity index is 1.34. The van der Waals surface area contributed by atoms with E-state index in [1.807, 2.05) is 41.8 Å².